The van der Waals surface area contributed by atoms with Gasteiger partial charge in [-0.25, -0.2) is 4.98 Å². The average molecular weight is 429 g/mol. The summed E-state index contributed by atoms with van der Waals surface area (Å²) in [5.74, 6) is 1.70. The van der Waals surface area contributed by atoms with Gasteiger partial charge in [-0.2, -0.15) is 0 Å². The summed E-state index contributed by atoms with van der Waals surface area (Å²) in [6.45, 7) is 2.30. The first-order valence-corrected chi connectivity index (χ1v) is 10.0. The molecule has 0 aliphatic rings. The van der Waals surface area contributed by atoms with Gasteiger partial charge in [-0.15, -0.1) is 11.3 Å². The van der Waals surface area contributed by atoms with Crippen LogP contribution in [0, 0.1) is 0 Å². The van der Waals surface area contributed by atoms with Crippen molar-refractivity contribution in [2.75, 3.05) is 33.4 Å². The third-order valence-corrected chi connectivity index (χ3v) is 4.94. The second kappa shape index (κ2) is 9.84. The van der Waals surface area contributed by atoms with Gasteiger partial charge in [-0.05, 0) is 43.3 Å². The molecule has 0 saturated heterocycles. The van der Waals surface area contributed by atoms with Crippen molar-refractivity contribution >= 4 is 22.4 Å². The number of rotatable bonds is 9. The molecule has 2 aromatic carbocycles. The number of hydrogen-bond acceptors (Lipinski definition) is 8. The van der Waals surface area contributed by atoms with Gasteiger partial charge in [-0.3, -0.25) is 15.6 Å². The van der Waals surface area contributed by atoms with Crippen LogP contribution in [0.25, 0.3) is 11.3 Å². The van der Waals surface area contributed by atoms with E-state index in [9.17, 15) is 4.79 Å². The van der Waals surface area contributed by atoms with Crippen LogP contribution in [0.4, 0.5) is 5.13 Å². The standard InChI is InChI=1S/C21H23N3O5S/c1-5-29-19-17(27-3)10-14(11-18(19)28-4)20(25)23-24-21-22-16(12-30-21)13-6-8-15(26-2)9-7-13/h6-12H,5H2,1-4H3,(H,22,24)(H,23,25). The molecule has 0 unspecified atom stereocenters. The first-order valence-electron chi connectivity index (χ1n) is 9.14. The zero-order chi connectivity index (χ0) is 21.5. The molecule has 9 heteroatoms. The summed E-state index contributed by atoms with van der Waals surface area (Å²) < 4.78 is 21.4. The second-order valence-electron chi connectivity index (χ2n) is 5.99. The molecule has 158 valence electrons. The van der Waals surface area contributed by atoms with Crippen LogP contribution in [0.5, 0.6) is 23.0 Å². The lowest BCUT2D eigenvalue weighted by molar-refractivity contribution is 0.0962. The van der Waals surface area contributed by atoms with E-state index in [4.69, 9.17) is 18.9 Å². The highest BCUT2D eigenvalue weighted by molar-refractivity contribution is 7.14. The van der Waals surface area contributed by atoms with E-state index in [2.05, 4.69) is 15.8 Å². The highest BCUT2D eigenvalue weighted by Gasteiger charge is 2.17. The van der Waals surface area contributed by atoms with Crippen molar-refractivity contribution in [1.82, 2.24) is 10.4 Å². The molecule has 1 heterocycles. The number of carbonyl (C=O) groups excluding carboxylic acids is 1. The zero-order valence-corrected chi connectivity index (χ0v) is 18.0. The Bertz CT molecular complexity index is 979. The molecule has 1 aromatic heterocycles. The first kappa shape index (κ1) is 21.3. The van der Waals surface area contributed by atoms with E-state index in [1.165, 1.54) is 25.6 Å². The van der Waals surface area contributed by atoms with E-state index in [0.717, 1.165) is 17.0 Å². The molecule has 8 nitrogen and oxygen atoms in total. The number of hydrogen-bond donors (Lipinski definition) is 2. The molecule has 0 fully saturated rings. The maximum Gasteiger partial charge on any atom is 0.269 e. The van der Waals surface area contributed by atoms with Crippen molar-refractivity contribution in [3.63, 3.8) is 0 Å². The van der Waals surface area contributed by atoms with Gasteiger partial charge in [0, 0.05) is 16.5 Å². The third-order valence-electron chi connectivity index (χ3n) is 4.18. The fourth-order valence-electron chi connectivity index (χ4n) is 2.71. The van der Waals surface area contributed by atoms with Crippen LogP contribution in [0.2, 0.25) is 0 Å². The van der Waals surface area contributed by atoms with E-state index >= 15 is 0 Å². The monoisotopic (exact) mass is 429 g/mol. The molecule has 0 aliphatic heterocycles. The van der Waals surface area contributed by atoms with Crippen LogP contribution >= 0.6 is 11.3 Å². The van der Waals surface area contributed by atoms with E-state index < -0.39 is 0 Å². The predicted molar refractivity (Wildman–Crippen MR) is 116 cm³/mol. The fraction of sp³-hybridized carbons (Fsp3) is 0.238. The van der Waals surface area contributed by atoms with Crippen molar-refractivity contribution in [2.45, 2.75) is 6.92 Å². The molecule has 0 aliphatic carbocycles. The highest BCUT2D eigenvalue weighted by Crippen LogP contribution is 2.38. The minimum atomic E-state index is -0.365. The van der Waals surface area contributed by atoms with Gasteiger partial charge < -0.3 is 18.9 Å². The summed E-state index contributed by atoms with van der Waals surface area (Å²) >= 11 is 1.38. The van der Waals surface area contributed by atoms with E-state index in [-0.39, 0.29) is 5.91 Å². The van der Waals surface area contributed by atoms with E-state index in [1.807, 2.05) is 36.6 Å². The Labute approximate surface area is 178 Å². The molecule has 30 heavy (non-hydrogen) atoms. The molecule has 0 saturated carbocycles. The van der Waals surface area contributed by atoms with Crippen molar-refractivity contribution in [2.24, 2.45) is 0 Å². The lowest BCUT2D eigenvalue weighted by Crippen LogP contribution is -2.29. The number of ether oxygens (including phenoxy) is 4. The van der Waals surface area contributed by atoms with Crippen LogP contribution < -0.4 is 29.8 Å². The Morgan fingerprint density at radius 3 is 2.27 bits per heavy atom. The molecule has 3 rings (SSSR count). The third kappa shape index (κ3) is 4.74. The molecule has 0 radical (unpaired) electrons. The quantitative estimate of drug-likeness (QED) is 0.497. The lowest BCUT2D eigenvalue weighted by Gasteiger charge is -2.15. The van der Waals surface area contributed by atoms with Crippen molar-refractivity contribution in [1.29, 1.82) is 0 Å². The average Bonchev–Trinajstić information content (AvgIpc) is 3.26. The smallest absolute Gasteiger partial charge is 0.269 e. The second-order valence-corrected chi connectivity index (χ2v) is 6.85. The molecule has 3 aromatic rings. The number of benzene rings is 2. The Kier molecular flexibility index (Phi) is 6.97. The summed E-state index contributed by atoms with van der Waals surface area (Å²) in [7, 11) is 4.64. The largest absolute Gasteiger partial charge is 0.497 e. The number of thiazole rings is 1. The number of anilines is 1. The van der Waals surface area contributed by atoms with E-state index in [1.54, 1.807) is 19.2 Å². The van der Waals surface area contributed by atoms with Gasteiger partial charge in [0.15, 0.2) is 11.5 Å². The highest BCUT2D eigenvalue weighted by atomic mass is 32.1. The van der Waals surface area contributed by atoms with Crippen LogP contribution in [0.15, 0.2) is 41.8 Å². The minimum Gasteiger partial charge on any atom is -0.497 e. The summed E-state index contributed by atoms with van der Waals surface area (Å²) in [5.41, 5.74) is 7.58. The van der Waals surface area contributed by atoms with Crippen molar-refractivity contribution in [3.05, 3.63) is 47.3 Å². The Morgan fingerprint density at radius 2 is 1.70 bits per heavy atom. The fourth-order valence-corrected chi connectivity index (χ4v) is 3.38. The van der Waals surface area contributed by atoms with Gasteiger partial charge in [0.05, 0.1) is 33.6 Å². The zero-order valence-electron chi connectivity index (χ0n) is 17.1. The summed E-state index contributed by atoms with van der Waals surface area (Å²) in [6.07, 6.45) is 0. The normalized spacial score (nSPS) is 10.3. The minimum absolute atomic E-state index is 0.353. The maximum atomic E-state index is 12.6. The van der Waals surface area contributed by atoms with Crippen LogP contribution in [0.1, 0.15) is 17.3 Å². The van der Waals surface area contributed by atoms with Gasteiger partial charge >= 0.3 is 0 Å². The topological polar surface area (TPSA) is 90.9 Å². The molecule has 0 bridgehead atoms. The number of nitrogens with one attached hydrogen (secondary N) is 2. The van der Waals surface area contributed by atoms with Gasteiger partial charge in [0.25, 0.3) is 5.91 Å². The van der Waals surface area contributed by atoms with E-state index in [0.29, 0.717) is 34.6 Å². The first-order chi connectivity index (χ1) is 14.6. The predicted octanol–water partition coefficient (Wildman–Crippen LogP) is 3.99. The van der Waals surface area contributed by atoms with Gasteiger partial charge in [0.1, 0.15) is 5.75 Å². The van der Waals surface area contributed by atoms with Crippen molar-refractivity contribution < 1.29 is 23.7 Å². The Balaban J connectivity index is 1.70. The number of carbonyl (C=O) groups is 1. The molecule has 0 spiro atoms. The molecule has 0 atom stereocenters. The van der Waals surface area contributed by atoms with Crippen LogP contribution in [0.3, 0.4) is 0 Å². The van der Waals surface area contributed by atoms with Gasteiger partial charge in [-0.1, -0.05) is 0 Å². The summed E-state index contributed by atoms with van der Waals surface area (Å²) in [5, 5.41) is 2.46. The number of methoxy groups -OCH3 is 3. The Morgan fingerprint density at radius 1 is 1.03 bits per heavy atom. The Hall–Kier alpha value is -3.46. The van der Waals surface area contributed by atoms with Crippen molar-refractivity contribution in [3.8, 4) is 34.3 Å². The number of nitrogens with zero attached hydrogens (tertiary/aromatic N) is 1. The summed E-state index contributed by atoms with van der Waals surface area (Å²) in [4.78, 5) is 17.1. The SMILES string of the molecule is CCOc1c(OC)cc(C(=O)NNc2nc(-c3ccc(OC)cc3)cs2)cc1OC. The molecule has 1 amide bonds. The molecule has 2 N–H and O–H groups in total. The molecular formula is C21H23N3O5S. The van der Waals surface area contributed by atoms with Gasteiger partial charge in [0.2, 0.25) is 10.9 Å². The number of amides is 1. The summed E-state index contributed by atoms with van der Waals surface area (Å²) in [6, 6.07) is 10.8. The lowest BCUT2D eigenvalue weighted by atomic mass is 10.1. The maximum absolute atomic E-state index is 12.6. The van der Waals surface area contributed by atoms with Crippen LogP contribution in [-0.2, 0) is 0 Å². The number of hydrazine groups is 1. The number of aromatic nitrogens is 1. The van der Waals surface area contributed by atoms with Crippen LogP contribution in [-0.4, -0.2) is 38.8 Å². The molecular weight excluding hydrogens is 406 g/mol.